The van der Waals surface area contributed by atoms with Gasteiger partial charge in [-0.3, -0.25) is 9.69 Å². The number of piperidine rings is 1. The molecular formula is C13H16ClNO2. The molecule has 0 saturated carbocycles. The number of hydrogen-bond donors (Lipinski definition) is 1. The molecular weight excluding hydrogens is 238 g/mol. The fraction of sp³-hybridized carbons (Fsp3) is 0.462. The van der Waals surface area contributed by atoms with Crippen LogP contribution in [0.4, 0.5) is 0 Å². The molecule has 0 spiro atoms. The average Bonchev–Trinajstić information content (AvgIpc) is 2.29. The lowest BCUT2D eigenvalue weighted by Crippen LogP contribution is -2.35. The van der Waals surface area contributed by atoms with Gasteiger partial charge >= 0.3 is 5.97 Å². The Labute approximate surface area is 106 Å². The van der Waals surface area contributed by atoms with Gasteiger partial charge < -0.3 is 5.11 Å². The third kappa shape index (κ3) is 3.45. The van der Waals surface area contributed by atoms with Crippen LogP contribution in [0.25, 0.3) is 0 Å². The van der Waals surface area contributed by atoms with Gasteiger partial charge in [0.25, 0.3) is 0 Å². The lowest BCUT2D eigenvalue weighted by molar-refractivity contribution is -0.143. The number of aliphatic carboxylic acids is 1. The second kappa shape index (κ2) is 5.52. The lowest BCUT2D eigenvalue weighted by Gasteiger charge is -2.30. The smallest absolute Gasteiger partial charge is 0.306 e. The highest BCUT2D eigenvalue weighted by molar-refractivity contribution is 6.30. The number of carboxylic acids is 1. The molecule has 2 rings (SSSR count). The summed E-state index contributed by atoms with van der Waals surface area (Å²) in [6.07, 6.45) is 1.49. The summed E-state index contributed by atoms with van der Waals surface area (Å²) in [5, 5.41) is 9.67. The van der Waals surface area contributed by atoms with Crippen molar-refractivity contribution in [3.8, 4) is 0 Å². The lowest BCUT2D eigenvalue weighted by atomic mass is 9.97. The van der Waals surface area contributed by atoms with Crippen molar-refractivity contribution in [3.63, 3.8) is 0 Å². The van der Waals surface area contributed by atoms with E-state index in [0.29, 0.717) is 0 Å². The molecule has 0 radical (unpaired) electrons. The van der Waals surface area contributed by atoms with E-state index in [4.69, 9.17) is 16.7 Å². The van der Waals surface area contributed by atoms with Crippen LogP contribution in [-0.4, -0.2) is 29.1 Å². The fourth-order valence-corrected chi connectivity index (χ4v) is 2.44. The molecule has 0 aliphatic carbocycles. The van der Waals surface area contributed by atoms with Crippen LogP contribution < -0.4 is 0 Å². The Morgan fingerprint density at radius 3 is 2.71 bits per heavy atom. The summed E-state index contributed by atoms with van der Waals surface area (Å²) in [5.74, 6) is -0.821. The third-order valence-electron chi connectivity index (χ3n) is 3.23. The number of hydrogen-bond acceptors (Lipinski definition) is 2. The predicted molar refractivity (Wildman–Crippen MR) is 67.1 cm³/mol. The van der Waals surface area contributed by atoms with Crippen LogP contribution >= 0.6 is 11.6 Å². The van der Waals surface area contributed by atoms with Gasteiger partial charge in [0.15, 0.2) is 0 Å². The molecule has 0 bridgehead atoms. The Kier molecular flexibility index (Phi) is 4.02. The van der Waals surface area contributed by atoms with Crippen molar-refractivity contribution in [2.45, 2.75) is 19.4 Å². The summed E-state index contributed by atoms with van der Waals surface area (Å²) in [7, 11) is 0. The summed E-state index contributed by atoms with van der Waals surface area (Å²) in [5.41, 5.74) is 1.19. The predicted octanol–water partition coefficient (Wildman–Crippen LogP) is 2.64. The van der Waals surface area contributed by atoms with Crippen LogP contribution in [0.15, 0.2) is 24.3 Å². The maximum Gasteiger partial charge on any atom is 0.306 e. The van der Waals surface area contributed by atoms with Gasteiger partial charge in [-0.25, -0.2) is 0 Å². The van der Waals surface area contributed by atoms with E-state index in [1.165, 1.54) is 5.56 Å². The molecule has 1 aromatic carbocycles. The molecule has 1 fully saturated rings. The molecule has 1 N–H and O–H groups in total. The molecule has 1 heterocycles. The number of carbonyl (C=O) groups is 1. The summed E-state index contributed by atoms with van der Waals surface area (Å²) >= 11 is 5.93. The van der Waals surface area contributed by atoms with Crippen LogP contribution in [0.1, 0.15) is 18.4 Å². The molecule has 1 saturated heterocycles. The van der Waals surface area contributed by atoms with E-state index in [2.05, 4.69) is 11.0 Å². The minimum Gasteiger partial charge on any atom is -0.481 e. The molecule has 1 aliphatic heterocycles. The number of rotatable bonds is 3. The van der Waals surface area contributed by atoms with Crippen molar-refractivity contribution in [1.29, 1.82) is 0 Å². The van der Waals surface area contributed by atoms with Crippen LogP contribution in [0.2, 0.25) is 5.02 Å². The zero-order chi connectivity index (χ0) is 12.3. The van der Waals surface area contributed by atoms with Crippen LogP contribution in [0.5, 0.6) is 0 Å². The summed E-state index contributed by atoms with van der Waals surface area (Å²) in [6.45, 7) is 2.56. The highest BCUT2D eigenvalue weighted by Gasteiger charge is 2.24. The Morgan fingerprint density at radius 2 is 2.12 bits per heavy atom. The molecule has 1 aliphatic rings. The van der Waals surface area contributed by atoms with Crippen LogP contribution in [0.3, 0.4) is 0 Å². The quantitative estimate of drug-likeness (QED) is 0.900. The Hall–Kier alpha value is -1.06. The molecule has 3 nitrogen and oxygen atoms in total. The number of benzene rings is 1. The summed E-state index contributed by atoms with van der Waals surface area (Å²) < 4.78 is 0. The van der Waals surface area contributed by atoms with E-state index < -0.39 is 5.97 Å². The first-order chi connectivity index (χ1) is 8.15. The van der Waals surface area contributed by atoms with Gasteiger partial charge in [-0.2, -0.15) is 0 Å². The van der Waals surface area contributed by atoms with Crippen molar-refractivity contribution >= 4 is 17.6 Å². The van der Waals surface area contributed by atoms with Gasteiger partial charge in [0, 0.05) is 11.6 Å². The van der Waals surface area contributed by atoms with Gasteiger partial charge in [-0.15, -0.1) is 0 Å². The molecule has 92 valence electrons. The Morgan fingerprint density at radius 1 is 1.41 bits per heavy atom. The zero-order valence-corrected chi connectivity index (χ0v) is 10.4. The van der Waals surface area contributed by atoms with Gasteiger partial charge in [-0.05, 0) is 43.6 Å². The first-order valence-corrected chi connectivity index (χ1v) is 6.22. The highest BCUT2D eigenvalue weighted by atomic mass is 35.5. The molecule has 0 atom stereocenters. The fourth-order valence-electron chi connectivity index (χ4n) is 2.23. The second-order valence-electron chi connectivity index (χ2n) is 4.52. The molecule has 4 heteroatoms. The maximum atomic E-state index is 10.8. The molecule has 0 amide bonds. The summed E-state index contributed by atoms with van der Waals surface area (Å²) in [6, 6.07) is 7.82. The average molecular weight is 254 g/mol. The van der Waals surface area contributed by atoms with E-state index in [1.807, 2.05) is 18.2 Å². The van der Waals surface area contributed by atoms with Crippen molar-refractivity contribution in [1.82, 2.24) is 4.90 Å². The minimum atomic E-state index is -0.660. The van der Waals surface area contributed by atoms with Gasteiger partial charge in [-0.1, -0.05) is 23.7 Å². The van der Waals surface area contributed by atoms with Crippen molar-refractivity contribution < 1.29 is 9.90 Å². The second-order valence-corrected chi connectivity index (χ2v) is 4.96. The minimum absolute atomic E-state index is 0.161. The normalized spacial score (nSPS) is 18.2. The van der Waals surface area contributed by atoms with Crippen LogP contribution in [-0.2, 0) is 11.3 Å². The first-order valence-electron chi connectivity index (χ1n) is 5.85. The SMILES string of the molecule is O=C(O)C1CCN(Cc2cccc(Cl)c2)CC1. The van der Waals surface area contributed by atoms with Gasteiger partial charge in [0.05, 0.1) is 5.92 Å². The highest BCUT2D eigenvalue weighted by Crippen LogP contribution is 2.20. The summed E-state index contributed by atoms with van der Waals surface area (Å²) in [4.78, 5) is 13.1. The molecule has 17 heavy (non-hydrogen) atoms. The van der Waals surface area contributed by atoms with Crippen molar-refractivity contribution in [3.05, 3.63) is 34.9 Å². The van der Waals surface area contributed by atoms with Gasteiger partial charge in [0.1, 0.15) is 0 Å². The van der Waals surface area contributed by atoms with Crippen LogP contribution in [0, 0.1) is 5.92 Å². The third-order valence-corrected chi connectivity index (χ3v) is 3.47. The van der Waals surface area contributed by atoms with E-state index in [0.717, 1.165) is 37.5 Å². The number of likely N-dealkylation sites (tertiary alicyclic amines) is 1. The molecule has 0 unspecified atom stereocenters. The standard InChI is InChI=1S/C13H16ClNO2/c14-12-3-1-2-10(8-12)9-15-6-4-11(5-7-15)13(16)17/h1-3,8,11H,4-7,9H2,(H,16,17). The maximum absolute atomic E-state index is 10.8. The molecule has 0 aromatic heterocycles. The monoisotopic (exact) mass is 253 g/mol. The van der Waals surface area contributed by atoms with E-state index in [9.17, 15) is 4.79 Å². The Bertz CT molecular complexity index is 400. The van der Waals surface area contributed by atoms with E-state index >= 15 is 0 Å². The molecule has 1 aromatic rings. The van der Waals surface area contributed by atoms with Crippen molar-refractivity contribution in [2.75, 3.05) is 13.1 Å². The number of nitrogens with zero attached hydrogens (tertiary/aromatic N) is 1. The topological polar surface area (TPSA) is 40.5 Å². The first kappa shape index (κ1) is 12.4. The van der Waals surface area contributed by atoms with E-state index in [-0.39, 0.29) is 5.92 Å². The number of carboxylic acid groups (broad SMARTS) is 1. The Balaban J connectivity index is 1.88. The number of halogens is 1. The largest absolute Gasteiger partial charge is 0.481 e. The van der Waals surface area contributed by atoms with Crippen molar-refractivity contribution in [2.24, 2.45) is 5.92 Å². The van der Waals surface area contributed by atoms with Gasteiger partial charge in [0.2, 0.25) is 0 Å². The zero-order valence-electron chi connectivity index (χ0n) is 9.60. The van der Waals surface area contributed by atoms with E-state index in [1.54, 1.807) is 0 Å².